The Morgan fingerprint density at radius 3 is 2.52 bits per heavy atom. The van der Waals surface area contributed by atoms with Gasteiger partial charge in [-0.15, -0.1) is 11.3 Å². The molecule has 0 atom stereocenters. The number of hydrogen-bond donors (Lipinski definition) is 3. The molecule has 120 valence electrons. The second-order valence-corrected chi connectivity index (χ2v) is 5.99. The van der Waals surface area contributed by atoms with Crippen molar-refractivity contribution in [2.24, 2.45) is 11.5 Å². The molecule has 0 unspecified atom stereocenters. The van der Waals surface area contributed by atoms with Crippen molar-refractivity contribution in [3.8, 4) is 21.9 Å². The Morgan fingerprint density at radius 2 is 1.87 bits per heavy atom. The van der Waals surface area contributed by atoms with E-state index >= 15 is 0 Å². The summed E-state index contributed by atoms with van der Waals surface area (Å²) in [5.74, 6) is 0.706. The third-order valence-electron chi connectivity index (χ3n) is 3.43. The number of carbonyl (C=O) groups is 2. The molecular formula is C15H15N3O4S. The van der Waals surface area contributed by atoms with Gasteiger partial charge in [0.25, 0.3) is 5.91 Å². The zero-order valence-corrected chi connectivity index (χ0v) is 13.2. The van der Waals surface area contributed by atoms with Gasteiger partial charge < -0.3 is 20.9 Å². The summed E-state index contributed by atoms with van der Waals surface area (Å²) in [6.07, 6.45) is 0. The normalized spacial score (nSPS) is 12.7. The maximum absolute atomic E-state index is 11.7. The van der Waals surface area contributed by atoms with Crippen molar-refractivity contribution in [1.82, 2.24) is 0 Å². The molecule has 1 aromatic carbocycles. The van der Waals surface area contributed by atoms with Crippen molar-refractivity contribution in [3.63, 3.8) is 0 Å². The van der Waals surface area contributed by atoms with Crippen molar-refractivity contribution in [1.29, 1.82) is 0 Å². The second kappa shape index (κ2) is 5.81. The molecule has 8 heteroatoms. The van der Waals surface area contributed by atoms with E-state index in [1.54, 1.807) is 6.92 Å². The van der Waals surface area contributed by atoms with E-state index < -0.39 is 11.9 Å². The third-order valence-corrected chi connectivity index (χ3v) is 4.69. The fraction of sp³-hybridized carbons (Fsp3) is 0.200. The number of urea groups is 1. The first kappa shape index (κ1) is 15.2. The van der Waals surface area contributed by atoms with Crippen LogP contribution in [0.2, 0.25) is 0 Å². The van der Waals surface area contributed by atoms with Crippen LogP contribution in [0.15, 0.2) is 18.2 Å². The lowest BCUT2D eigenvalue weighted by molar-refractivity contribution is 0.100. The maximum Gasteiger partial charge on any atom is 0.317 e. The van der Waals surface area contributed by atoms with Crippen LogP contribution in [-0.2, 0) is 0 Å². The zero-order chi connectivity index (χ0) is 16.6. The summed E-state index contributed by atoms with van der Waals surface area (Å²) in [6.45, 7) is 2.78. The Hall–Kier alpha value is -2.74. The van der Waals surface area contributed by atoms with Crippen molar-refractivity contribution in [3.05, 3.63) is 29.3 Å². The van der Waals surface area contributed by atoms with Crippen molar-refractivity contribution in [2.45, 2.75) is 6.92 Å². The van der Waals surface area contributed by atoms with E-state index in [-0.39, 0.29) is 5.56 Å². The van der Waals surface area contributed by atoms with E-state index in [2.05, 4.69) is 5.32 Å². The highest BCUT2D eigenvalue weighted by atomic mass is 32.1. The summed E-state index contributed by atoms with van der Waals surface area (Å²) in [5.41, 5.74) is 12.4. The number of benzene rings is 1. The van der Waals surface area contributed by atoms with E-state index in [9.17, 15) is 9.59 Å². The van der Waals surface area contributed by atoms with E-state index in [0.717, 1.165) is 10.4 Å². The number of ether oxygens (including phenoxy) is 2. The topological polar surface area (TPSA) is 117 Å². The standard InChI is InChI=1S/C15H15N3O4S/c1-7-11(13(16)19)14(18-15(17)20)23-12(7)8-2-3-9-10(6-8)22-5-4-21-9/h2-3,6H,4-5H2,1H3,(H2,16,19)(H3,17,18,20). The van der Waals surface area contributed by atoms with Gasteiger partial charge in [-0.05, 0) is 36.2 Å². The zero-order valence-electron chi connectivity index (χ0n) is 12.3. The van der Waals surface area contributed by atoms with Crippen molar-refractivity contribution >= 4 is 28.3 Å². The fourth-order valence-electron chi connectivity index (χ4n) is 2.47. The van der Waals surface area contributed by atoms with Gasteiger partial charge in [-0.1, -0.05) is 0 Å². The van der Waals surface area contributed by atoms with E-state index in [0.29, 0.717) is 35.3 Å². The Bertz CT molecular complexity index is 800. The predicted octanol–water partition coefficient (Wildman–Crippen LogP) is 2.08. The number of primary amides is 2. The average molecular weight is 333 g/mol. The first-order chi connectivity index (χ1) is 11.0. The molecule has 0 saturated carbocycles. The van der Waals surface area contributed by atoms with Crippen molar-refractivity contribution < 1.29 is 19.1 Å². The monoisotopic (exact) mass is 333 g/mol. The maximum atomic E-state index is 11.7. The number of fused-ring (bicyclic) bond motifs is 1. The molecule has 3 amide bonds. The third kappa shape index (κ3) is 2.80. The van der Waals surface area contributed by atoms with Gasteiger partial charge in [0.15, 0.2) is 11.5 Å². The van der Waals surface area contributed by atoms with E-state index in [1.807, 2.05) is 18.2 Å². The summed E-state index contributed by atoms with van der Waals surface area (Å²) in [5, 5.41) is 2.79. The van der Waals surface area contributed by atoms with Gasteiger partial charge >= 0.3 is 6.03 Å². The summed E-state index contributed by atoms with van der Waals surface area (Å²) in [4.78, 5) is 23.6. The summed E-state index contributed by atoms with van der Waals surface area (Å²) in [7, 11) is 0. The summed E-state index contributed by atoms with van der Waals surface area (Å²) < 4.78 is 11.1. The number of carbonyl (C=O) groups excluding carboxylic acids is 2. The largest absolute Gasteiger partial charge is 0.486 e. The molecule has 2 heterocycles. The number of anilines is 1. The Morgan fingerprint density at radius 1 is 1.17 bits per heavy atom. The number of amides is 3. The Kier molecular flexibility index (Phi) is 3.83. The summed E-state index contributed by atoms with van der Waals surface area (Å²) >= 11 is 1.24. The van der Waals surface area contributed by atoms with Crippen LogP contribution in [0.1, 0.15) is 15.9 Å². The Balaban J connectivity index is 2.09. The minimum absolute atomic E-state index is 0.263. The highest BCUT2D eigenvalue weighted by molar-refractivity contribution is 7.20. The smallest absolute Gasteiger partial charge is 0.317 e. The van der Waals surface area contributed by atoms with Gasteiger partial charge in [0.2, 0.25) is 0 Å². The van der Waals surface area contributed by atoms with Gasteiger partial charge in [-0.25, -0.2) is 4.79 Å². The quantitative estimate of drug-likeness (QED) is 0.797. The number of nitrogens with two attached hydrogens (primary N) is 2. The molecule has 1 aliphatic heterocycles. The Labute approximate surface area is 136 Å². The van der Waals surface area contributed by atoms with Crippen LogP contribution in [-0.4, -0.2) is 25.2 Å². The van der Waals surface area contributed by atoms with Crippen molar-refractivity contribution in [2.75, 3.05) is 18.5 Å². The molecule has 3 rings (SSSR count). The highest BCUT2D eigenvalue weighted by Gasteiger charge is 2.22. The molecule has 0 bridgehead atoms. The van der Waals surface area contributed by atoms with Crippen LogP contribution < -0.4 is 26.3 Å². The number of hydrogen-bond acceptors (Lipinski definition) is 5. The lowest BCUT2D eigenvalue weighted by Crippen LogP contribution is -2.21. The first-order valence-corrected chi connectivity index (χ1v) is 7.68. The van der Waals surface area contributed by atoms with Crippen LogP contribution in [0.3, 0.4) is 0 Å². The molecule has 0 aliphatic carbocycles. The summed E-state index contributed by atoms with van der Waals surface area (Å²) in [6, 6.07) is 4.77. The molecule has 0 spiro atoms. The van der Waals surface area contributed by atoms with Gasteiger partial charge in [0.05, 0.1) is 5.56 Å². The molecule has 7 nitrogen and oxygen atoms in total. The van der Waals surface area contributed by atoms with Crippen LogP contribution in [0.25, 0.3) is 10.4 Å². The second-order valence-electron chi connectivity index (χ2n) is 4.97. The minimum Gasteiger partial charge on any atom is -0.486 e. The molecule has 1 aliphatic rings. The molecule has 0 saturated heterocycles. The molecule has 23 heavy (non-hydrogen) atoms. The van der Waals surface area contributed by atoms with E-state index in [1.165, 1.54) is 11.3 Å². The molecule has 0 radical (unpaired) electrons. The number of nitrogens with one attached hydrogen (secondary N) is 1. The minimum atomic E-state index is -0.748. The molecule has 0 fully saturated rings. The molecule has 1 aromatic heterocycles. The lowest BCUT2D eigenvalue weighted by atomic mass is 10.1. The van der Waals surface area contributed by atoms with Gasteiger partial charge in [-0.3, -0.25) is 10.1 Å². The van der Waals surface area contributed by atoms with Crippen LogP contribution >= 0.6 is 11.3 Å². The first-order valence-electron chi connectivity index (χ1n) is 6.87. The predicted molar refractivity (Wildman–Crippen MR) is 87.2 cm³/mol. The highest BCUT2D eigenvalue weighted by Crippen LogP contribution is 2.42. The van der Waals surface area contributed by atoms with E-state index in [4.69, 9.17) is 20.9 Å². The number of rotatable bonds is 3. The van der Waals surface area contributed by atoms with Crippen LogP contribution in [0.5, 0.6) is 11.5 Å². The lowest BCUT2D eigenvalue weighted by Gasteiger charge is -2.18. The molecule has 2 aromatic rings. The SMILES string of the molecule is Cc1c(-c2ccc3c(c2)OCCO3)sc(NC(N)=O)c1C(N)=O. The van der Waals surface area contributed by atoms with Crippen LogP contribution in [0, 0.1) is 6.92 Å². The van der Waals surface area contributed by atoms with Gasteiger partial charge in [0, 0.05) is 4.88 Å². The fourth-order valence-corrected chi connectivity index (χ4v) is 3.68. The molecule has 5 N–H and O–H groups in total. The molecular weight excluding hydrogens is 318 g/mol. The average Bonchev–Trinajstić information content (AvgIpc) is 2.82. The van der Waals surface area contributed by atoms with Gasteiger partial charge in [0.1, 0.15) is 18.2 Å². The van der Waals surface area contributed by atoms with Crippen LogP contribution in [0.4, 0.5) is 9.80 Å². The van der Waals surface area contributed by atoms with Gasteiger partial charge in [-0.2, -0.15) is 0 Å². The number of thiophene rings is 1.